The van der Waals surface area contributed by atoms with E-state index in [1.807, 2.05) is 30.3 Å². The Balaban J connectivity index is 0.00000259. The van der Waals surface area contributed by atoms with Crippen LogP contribution in [0.15, 0.2) is 42.7 Å². The zero-order valence-corrected chi connectivity index (χ0v) is 19.5. The molecule has 1 aromatic carbocycles. The zero-order valence-electron chi connectivity index (χ0n) is 18.5. The predicted octanol–water partition coefficient (Wildman–Crippen LogP) is 2.80. The SMILES string of the molecule is CC(=O)N1CCO[C@H](COc2nc(-c3ccc(C4(O)CCC4)cc3)cc3nccnc23)C1.S. The molecule has 1 N–H and O–H groups in total. The highest BCUT2D eigenvalue weighted by molar-refractivity contribution is 7.59. The van der Waals surface area contributed by atoms with Crippen molar-refractivity contribution in [2.24, 2.45) is 0 Å². The minimum atomic E-state index is -0.692. The van der Waals surface area contributed by atoms with Gasteiger partial charge < -0.3 is 19.5 Å². The topological polar surface area (TPSA) is 97.7 Å². The van der Waals surface area contributed by atoms with Gasteiger partial charge in [0.1, 0.15) is 12.7 Å². The molecule has 0 radical (unpaired) electrons. The van der Waals surface area contributed by atoms with Gasteiger partial charge in [-0.3, -0.25) is 9.78 Å². The number of fused-ring (bicyclic) bond motifs is 1. The first-order chi connectivity index (χ1) is 15.5. The van der Waals surface area contributed by atoms with E-state index in [9.17, 15) is 9.90 Å². The van der Waals surface area contributed by atoms with E-state index in [4.69, 9.17) is 14.5 Å². The average Bonchev–Trinajstić information content (AvgIpc) is 2.81. The number of aliphatic hydroxyl groups is 1. The van der Waals surface area contributed by atoms with Gasteiger partial charge in [0, 0.05) is 31.4 Å². The molecule has 8 nitrogen and oxygen atoms in total. The van der Waals surface area contributed by atoms with Gasteiger partial charge in [0.15, 0.2) is 5.52 Å². The highest BCUT2D eigenvalue weighted by Crippen LogP contribution is 2.41. The normalized spacial score (nSPS) is 19.5. The summed E-state index contributed by atoms with van der Waals surface area (Å²) in [5.41, 5.74) is 3.14. The molecule has 3 aromatic rings. The summed E-state index contributed by atoms with van der Waals surface area (Å²) in [7, 11) is 0. The van der Waals surface area contributed by atoms with Crippen LogP contribution in [-0.2, 0) is 15.1 Å². The number of pyridine rings is 1. The Morgan fingerprint density at radius 2 is 2.00 bits per heavy atom. The van der Waals surface area contributed by atoms with Crippen LogP contribution in [0.3, 0.4) is 0 Å². The third kappa shape index (κ3) is 4.80. The first-order valence-electron chi connectivity index (χ1n) is 11.0. The van der Waals surface area contributed by atoms with Gasteiger partial charge in [-0.25, -0.2) is 9.97 Å². The maximum Gasteiger partial charge on any atom is 0.242 e. The highest BCUT2D eigenvalue weighted by atomic mass is 32.1. The van der Waals surface area contributed by atoms with Gasteiger partial charge in [0.05, 0.1) is 30.0 Å². The van der Waals surface area contributed by atoms with Gasteiger partial charge >= 0.3 is 0 Å². The van der Waals surface area contributed by atoms with Gasteiger partial charge in [-0.05, 0) is 30.9 Å². The predicted molar refractivity (Wildman–Crippen MR) is 128 cm³/mol. The standard InChI is InChI=1S/C24H26N4O4.H2S/c1-16(29)28-11-12-31-19(14-28)15-32-23-22-21(25-9-10-26-22)13-20(27-23)17-3-5-18(6-4-17)24(30)7-2-8-24;/h3-6,9-10,13,19,30H,2,7-8,11-12,14-15H2,1H3;1H2/t19-;/m0./s1. The lowest BCUT2D eigenvalue weighted by atomic mass is 9.75. The molecule has 1 aliphatic heterocycles. The highest BCUT2D eigenvalue weighted by Gasteiger charge is 2.36. The lowest BCUT2D eigenvalue weighted by Crippen LogP contribution is -2.46. The molecule has 9 heteroatoms. The van der Waals surface area contributed by atoms with Crippen molar-refractivity contribution in [2.45, 2.75) is 37.9 Å². The smallest absolute Gasteiger partial charge is 0.242 e. The summed E-state index contributed by atoms with van der Waals surface area (Å²) in [6.45, 7) is 3.40. The molecule has 0 bridgehead atoms. The maximum absolute atomic E-state index is 11.7. The van der Waals surface area contributed by atoms with Crippen molar-refractivity contribution >= 4 is 30.4 Å². The number of ether oxygens (including phenoxy) is 2. The lowest BCUT2D eigenvalue weighted by molar-refractivity contribution is -0.137. The number of amides is 1. The van der Waals surface area contributed by atoms with E-state index in [0.29, 0.717) is 36.6 Å². The van der Waals surface area contributed by atoms with Gasteiger partial charge in [-0.2, -0.15) is 13.5 Å². The molecule has 33 heavy (non-hydrogen) atoms. The number of rotatable bonds is 5. The van der Waals surface area contributed by atoms with Crippen molar-refractivity contribution in [3.63, 3.8) is 0 Å². The Morgan fingerprint density at radius 1 is 1.24 bits per heavy atom. The molecular weight excluding hydrogens is 440 g/mol. The number of carbonyl (C=O) groups is 1. The molecule has 2 aromatic heterocycles. The van der Waals surface area contributed by atoms with E-state index in [0.717, 1.165) is 36.1 Å². The van der Waals surface area contributed by atoms with E-state index in [-0.39, 0.29) is 32.1 Å². The van der Waals surface area contributed by atoms with Gasteiger partial charge in [0.2, 0.25) is 11.8 Å². The van der Waals surface area contributed by atoms with Crippen LogP contribution < -0.4 is 4.74 Å². The van der Waals surface area contributed by atoms with E-state index in [1.165, 1.54) is 0 Å². The van der Waals surface area contributed by atoms with E-state index in [1.54, 1.807) is 24.2 Å². The summed E-state index contributed by atoms with van der Waals surface area (Å²) in [6, 6.07) is 9.74. The first kappa shape index (κ1) is 23.4. The number of morpholine rings is 1. The Hall–Kier alpha value is -2.75. The number of carbonyl (C=O) groups excluding carboxylic acids is 1. The molecule has 2 fully saturated rings. The minimum absolute atomic E-state index is 0. The van der Waals surface area contributed by atoms with Crippen molar-refractivity contribution in [1.82, 2.24) is 19.9 Å². The summed E-state index contributed by atoms with van der Waals surface area (Å²) >= 11 is 0. The Labute approximate surface area is 199 Å². The second-order valence-electron chi connectivity index (χ2n) is 8.47. The van der Waals surface area contributed by atoms with E-state index in [2.05, 4.69) is 9.97 Å². The number of benzene rings is 1. The molecule has 5 rings (SSSR count). The van der Waals surface area contributed by atoms with Crippen molar-refractivity contribution in [3.05, 3.63) is 48.3 Å². The monoisotopic (exact) mass is 468 g/mol. The Bertz CT molecular complexity index is 1140. The Kier molecular flexibility index (Phi) is 6.83. The fourth-order valence-electron chi connectivity index (χ4n) is 4.22. The minimum Gasteiger partial charge on any atom is -0.473 e. The molecule has 1 saturated heterocycles. The van der Waals surface area contributed by atoms with Crippen molar-refractivity contribution < 1.29 is 19.4 Å². The van der Waals surface area contributed by atoms with Crippen molar-refractivity contribution in [3.8, 4) is 17.1 Å². The van der Waals surface area contributed by atoms with Crippen LogP contribution >= 0.6 is 13.5 Å². The fourth-order valence-corrected chi connectivity index (χ4v) is 4.22. The van der Waals surface area contributed by atoms with Gasteiger partial charge in [-0.15, -0.1) is 0 Å². The van der Waals surface area contributed by atoms with Gasteiger partial charge in [0.25, 0.3) is 0 Å². The third-order valence-corrected chi connectivity index (χ3v) is 6.31. The van der Waals surface area contributed by atoms with Crippen molar-refractivity contribution in [2.75, 3.05) is 26.3 Å². The molecule has 2 aliphatic rings. The number of aromatic nitrogens is 3. The number of nitrogens with zero attached hydrogens (tertiary/aromatic N) is 4. The number of hydrogen-bond donors (Lipinski definition) is 1. The van der Waals surface area contributed by atoms with Crippen LogP contribution in [-0.4, -0.2) is 63.3 Å². The summed E-state index contributed by atoms with van der Waals surface area (Å²) in [4.78, 5) is 27.0. The maximum atomic E-state index is 11.7. The second kappa shape index (κ2) is 9.62. The molecule has 174 valence electrons. The number of hydrogen-bond acceptors (Lipinski definition) is 7. The molecular formula is C24H28N4O4S. The van der Waals surface area contributed by atoms with Crippen LogP contribution in [0.1, 0.15) is 31.7 Å². The zero-order chi connectivity index (χ0) is 22.1. The summed E-state index contributed by atoms with van der Waals surface area (Å²) < 4.78 is 11.8. The van der Waals surface area contributed by atoms with Crippen LogP contribution in [0.4, 0.5) is 0 Å². The average molecular weight is 469 g/mol. The van der Waals surface area contributed by atoms with Crippen LogP contribution in [0, 0.1) is 0 Å². The summed E-state index contributed by atoms with van der Waals surface area (Å²) in [5, 5.41) is 10.6. The quantitative estimate of drug-likeness (QED) is 0.615. The first-order valence-corrected chi connectivity index (χ1v) is 11.0. The summed E-state index contributed by atoms with van der Waals surface area (Å²) in [5.74, 6) is 0.417. The van der Waals surface area contributed by atoms with E-state index < -0.39 is 5.60 Å². The van der Waals surface area contributed by atoms with Gasteiger partial charge in [-0.1, -0.05) is 24.3 Å². The van der Waals surface area contributed by atoms with E-state index >= 15 is 0 Å². The fraction of sp³-hybridized carbons (Fsp3) is 0.417. The molecule has 1 saturated carbocycles. The Morgan fingerprint density at radius 3 is 2.70 bits per heavy atom. The molecule has 3 heterocycles. The van der Waals surface area contributed by atoms with Crippen LogP contribution in [0.25, 0.3) is 22.3 Å². The van der Waals surface area contributed by atoms with Crippen LogP contribution in [0.5, 0.6) is 5.88 Å². The van der Waals surface area contributed by atoms with Crippen LogP contribution in [0.2, 0.25) is 0 Å². The largest absolute Gasteiger partial charge is 0.473 e. The molecule has 1 amide bonds. The second-order valence-corrected chi connectivity index (χ2v) is 8.47. The van der Waals surface area contributed by atoms with Crippen molar-refractivity contribution in [1.29, 1.82) is 0 Å². The third-order valence-electron chi connectivity index (χ3n) is 6.31. The molecule has 0 unspecified atom stereocenters. The molecule has 1 atom stereocenters. The molecule has 0 spiro atoms. The lowest BCUT2D eigenvalue weighted by Gasteiger charge is -2.37. The summed E-state index contributed by atoms with van der Waals surface area (Å²) in [6.07, 6.45) is 5.68. The molecule has 1 aliphatic carbocycles.